The standard InChI is InChI=1S/C7H5F3N2O/c8-7(9,10)6-4-1-2-13-3-5(4)11-12-6/h3H,1-2H2. The Balaban J connectivity index is 2.44. The summed E-state index contributed by atoms with van der Waals surface area (Å²) in [5.74, 6) is 0. The van der Waals surface area contributed by atoms with E-state index in [4.69, 9.17) is 4.74 Å². The van der Waals surface area contributed by atoms with Gasteiger partial charge in [0.1, 0.15) is 12.0 Å². The van der Waals surface area contributed by atoms with Crippen LogP contribution in [0.2, 0.25) is 0 Å². The summed E-state index contributed by atoms with van der Waals surface area (Å²) in [5.41, 5.74) is -0.556. The largest absolute Gasteiger partial charge is 0.499 e. The summed E-state index contributed by atoms with van der Waals surface area (Å²) in [6.07, 6.45) is -2.99. The zero-order valence-electron chi connectivity index (χ0n) is 6.43. The van der Waals surface area contributed by atoms with E-state index in [9.17, 15) is 13.2 Å². The fourth-order valence-electron chi connectivity index (χ4n) is 1.21. The molecule has 6 heteroatoms. The molecule has 2 aliphatic heterocycles. The molecule has 2 rings (SSSR count). The first-order chi connectivity index (χ1) is 6.09. The Labute approximate surface area is 71.6 Å². The molecular formula is C7H5F3N2O. The van der Waals surface area contributed by atoms with Crippen molar-refractivity contribution >= 4 is 0 Å². The molecular weight excluding hydrogens is 185 g/mol. The number of hydrogen-bond acceptors (Lipinski definition) is 3. The lowest BCUT2D eigenvalue weighted by Crippen LogP contribution is -2.13. The molecule has 2 aliphatic rings. The van der Waals surface area contributed by atoms with Gasteiger partial charge in [0.2, 0.25) is 0 Å². The molecule has 0 fully saturated rings. The lowest BCUT2D eigenvalue weighted by molar-refractivity contribution is -0.0932. The van der Waals surface area contributed by atoms with Crippen LogP contribution in [-0.2, 0) is 4.74 Å². The van der Waals surface area contributed by atoms with Gasteiger partial charge in [-0.1, -0.05) is 0 Å². The van der Waals surface area contributed by atoms with E-state index in [-0.39, 0.29) is 24.3 Å². The molecule has 3 nitrogen and oxygen atoms in total. The van der Waals surface area contributed by atoms with E-state index in [2.05, 4.69) is 10.2 Å². The molecule has 0 unspecified atom stereocenters. The van der Waals surface area contributed by atoms with E-state index in [0.717, 1.165) is 0 Å². The molecule has 70 valence electrons. The van der Waals surface area contributed by atoms with Gasteiger partial charge < -0.3 is 4.74 Å². The van der Waals surface area contributed by atoms with Gasteiger partial charge in [-0.15, -0.1) is 10.2 Å². The van der Waals surface area contributed by atoms with Crippen LogP contribution in [0.3, 0.4) is 0 Å². The number of hydrogen-bond donors (Lipinski definition) is 0. The Morgan fingerprint density at radius 3 is 2.77 bits per heavy atom. The van der Waals surface area contributed by atoms with Crippen molar-refractivity contribution in [2.24, 2.45) is 10.2 Å². The predicted octanol–water partition coefficient (Wildman–Crippen LogP) is 2.53. The number of halogens is 3. The lowest BCUT2D eigenvalue weighted by atomic mass is 10.1. The van der Waals surface area contributed by atoms with Crippen molar-refractivity contribution in [3.8, 4) is 0 Å². The summed E-state index contributed by atoms with van der Waals surface area (Å²) >= 11 is 0. The van der Waals surface area contributed by atoms with Crippen LogP contribution in [-0.4, -0.2) is 12.8 Å². The Bertz CT molecular complexity index is 327. The van der Waals surface area contributed by atoms with Crippen molar-refractivity contribution in [1.82, 2.24) is 0 Å². The monoisotopic (exact) mass is 190 g/mol. The minimum absolute atomic E-state index is 0.138. The maximum Gasteiger partial charge on any atom is 0.435 e. The highest BCUT2D eigenvalue weighted by Gasteiger charge is 2.40. The Morgan fingerprint density at radius 1 is 1.31 bits per heavy atom. The zero-order chi connectivity index (χ0) is 9.47. The minimum atomic E-state index is -4.41. The number of azo groups is 1. The third-order valence-corrected chi connectivity index (χ3v) is 1.79. The van der Waals surface area contributed by atoms with Gasteiger partial charge >= 0.3 is 6.18 Å². The van der Waals surface area contributed by atoms with Gasteiger partial charge in [0, 0.05) is 12.0 Å². The highest BCUT2D eigenvalue weighted by Crippen LogP contribution is 2.39. The second-order valence-corrected chi connectivity index (χ2v) is 2.65. The Morgan fingerprint density at radius 2 is 2.08 bits per heavy atom. The second-order valence-electron chi connectivity index (χ2n) is 2.65. The molecule has 13 heavy (non-hydrogen) atoms. The number of nitrogens with zero attached hydrogens (tertiary/aromatic N) is 2. The average Bonchev–Trinajstić information content (AvgIpc) is 2.45. The maximum atomic E-state index is 12.3. The molecule has 0 amide bonds. The lowest BCUT2D eigenvalue weighted by Gasteiger charge is -2.12. The molecule has 2 heterocycles. The second kappa shape index (κ2) is 2.58. The fraction of sp³-hybridized carbons (Fsp3) is 0.429. The third-order valence-electron chi connectivity index (χ3n) is 1.79. The van der Waals surface area contributed by atoms with Crippen molar-refractivity contribution in [3.63, 3.8) is 0 Å². The topological polar surface area (TPSA) is 34.0 Å². The molecule has 0 bridgehead atoms. The van der Waals surface area contributed by atoms with Gasteiger partial charge in [-0.25, -0.2) is 0 Å². The smallest absolute Gasteiger partial charge is 0.435 e. The van der Waals surface area contributed by atoms with E-state index in [1.54, 1.807) is 0 Å². The molecule has 0 aromatic rings. The average molecular weight is 190 g/mol. The van der Waals surface area contributed by atoms with Crippen LogP contribution in [0, 0.1) is 0 Å². The van der Waals surface area contributed by atoms with Gasteiger partial charge in [-0.3, -0.25) is 0 Å². The normalized spacial score (nSPS) is 21.3. The first-order valence-corrected chi connectivity index (χ1v) is 3.63. The van der Waals surface area contributed by atoms with Crippen molar-refractivity contribution < 1.29 is 17.9 Å². The van der Waals surface area contributed by atoms with Crippen molar-refractivity contribution in [2.75, 3.05) is 6.61 Å². The van der Waals surface area contributed by atoms with E-state index < -0.39 is 11.9 Å². The number of alkyl halides is 3. The molecule has 0 saturated heterocycles. The number of ether oxygens (including phenoxy) is 1. The molecule has 0 radical (unpaired) electrons. The number of rotatable bonds is 0. The first kappa shape index (κ1) is 8.28. The summed E-state index contributed by atoms with van der Waals surface area (Å²) in [6, 6.07) is 0. The summed E-state index contributed by atoms with van der Waals surface area (Å²) in [7, 11) is 0. The van der Waals surface area contributed by atoms with Crippen LogP contribution < -0.4 is 0 Å². The number of fused-ring (bicyclic) bond motifs is 1. The van der Waals surface area contributed by atoms with E-state index in [1.807, 2.05) is 0 Å². The van der Waals surface area contributed by atoms with Gasteiger partial charge in [0.05, 0.1) is 6.61 Å². The van der Waals surface area contributed by atoms with Gasteiger partial charge in [-0.2, -0.15) is 13.2 Å². The predicted molar refractivity (Wildman–Crippen MR) is 36.6 cm³/mol. The molecule has 0 spiro atoms. The molecule has 0 atom stereocenters. The van der Waals surface area contributed by atoms with Gasteiger partial charge in [-0.05, 0) is 0 Å². The third kappa shape index (κ3) is 1.32. The maximum absolute atomic E-state index is 12.3. The Hall–Kier alpha value is -1.33. The first-order valence-electron chi connectivity index (χ1n) is 3.63. The molecule has 0 saturated carbocycles. The quantitative estimate of drug-likeness (QED) is 0.577. The van der Waals surface area contributed by atoms with E-state index >= 15 is 0 Å². The van der Waals surface area contributed by atoms with Crippen LogP contribution in [0.4, 0.5) is 13.2 Å². The highest BCUT2D eigenvalue weighted by atomic mass is 19.4. The SMILES string of the molecule is FC(F)(F)C1=C2CCOC=C2N=N1. The van der Waals surface area contributed by atoms with Crippen LogP contribution in [0.15, 0.2) is 33.5 Å². The van der Waals surface area contributed by atoms with Gasteiger partial charge in [0.15, 0.2) is 5.70 Å². The minimum Gasteiger partial charge on any atom is -0.499 e. The van der Waals surface area contributed by atoms with Crippen molar-refractivity contribution in [3.05, 3.63) is 23.2 Å². The van der Waals surface area contributed by atoms with Gasteiger partial charge in [0.25, 0.3) is 0 Å². The summed E-state index contributed by atoms with van der Waals surface area (Å²) in [5, 5.41) is 6.46. The number of allylic oxidation sites excluding steroid dienone is 2. The summed E-state index contributed by atoms with van der Waals surface area (Å²) < 4.78 is 41.6. The van der Waals surface area contributed by atoms with Crippen LogP contribution >= 0.6 is 0 Å². The molecule has 0 aliphatic carbocycles. The molecule has 0 aromatic heterocycles. The summed E-state index contributed by atoms with van der Waals surface area (Å²) in [4.78, 5) is 0. The molecule has 0 aromatic carbocycles. The summed E-state index contributed by atoms with van der Waals surface area (Å²) in [6.45, 7) is 0.253. The molecule has 0 N–H and O–H groups in total. The van der Waals surface area contributed by atoms with E-state index in [1.165, 1.54) is 6.26 Å². The van der Waals surface area contributed by atoms with E-state index in [0.29, 0.717) is 0 Å². The van der Waals surface area contributed by atoms with Crippen LogP contribution in [0.25, 0.3) is 0 Å². The Kier molecular flexibility index (Phi) is 1.64. The zero-order valence-corrected chi connectivity index (χ0v) is 6.43. The fourth-order valence-corrected chi connectivity index (χ4v) is 1.21. The van der Waals surface area contributed by atoms with Crippen LogP contribution in [0.5, 0.6) is 0 Å². The van der Waals surface area contributed by atoms with Crippen molar-refractivity contribution in [1.29, 1.82) is 0 Å². The van der Waals surface area contributed by atoms with Crippen LogP contribution in [0.1, 0.15) is 6.42 Å². The highest BCUT2D eigenvalue weighted by molar-refractivity contribution is 5.39. The van der Waals surface area contributed by atoms with Crippen molar-refractivity contribution in [2.45, 2.75) is 12.6 Å².